The zero-order chi connectivity index (χ0) is 8.15. The molecule has 0 aromatic rings. The van der Waals surface area contributed by atoms with Gasteiger partial charge in [0.05, 0.1) is 6.04 Å². The van der Waals surface area contributed by atoms with Crippen molar-refractivity contribution >= 4 is 5.78 Å². The summed E-state index contributed by atoms with van der Waals surface area (Å²) in [5, 5.41) is 0. The minimum absolute atomic E-state index is 0.0834. The number of carbonyl (C=O) groups excluding carboxylic acids is 1. The van der Waals surface area contributed by atoms with Crippen molar-refractivity contribution in [2.45, 2.75) is 19.4 Å². The predicted octanol–water partition coefficient (Wildman–Crippen LogP) is 1.04. The summed E-state index contributed by atoms with van der Waals surface area (Å²) in [4.78, 5) is 11.0. The molecule has 0 aliphatic rings. The van der Waals surface area contributed by atoms with Crippen LogP contribution in [0.2, 0.25) is 0 Å². The molecule has 56 valence electrons. The second kappa shape index (κ2) is 4.01. The molecule has 0 heterocycles. The fourth-order valence-corrected chi connectivity index (χ4v) is 0.603. The average Bonchev–Trinajstić information content (AvgIpc) is 1.87. The van der Waals surface area contributed by atoms with Crippen molar-refractivity contribution in [1.82, 2.24) is 0 Å². The number of ketones is 1. The van der Waals surface area contributed by atoms with E-state index in [0.29, 0.717) is 12.0 Å². The molecule has 1 atom stereocenters. The van der Waals surface area contributed by atoms with Crippen molar-refractivity contribution in [3.63, 3.8) is 0 Å². The van der Waals surface area contributed by atoms with Gasteiger partial charge in [-0.25, -0.2) is 0 Å². The Labute approximate surface area is 61.4 Å². The second-order valence-electron chi connectivity index (χ2n) is 2.28. The van der Waals surface area contributed by atoms with Crippen molar-refractivity contribution in [2.24, 2.45) is 5.73 Å². The van der Waals surface area contributed by atoms with Gasteiger partial charge < -0.3 is 5.73 Å². The lowest BCUT2D eigenvalue weighted by atomic mass is 10.1. The lowest BCUT2D eigenvalue weighted by Gasteiger charge is -2.05. The number of rotatable bonds is 4. The fraction of sp³-hybridized carbons (Fsp3) is 0.375. The highest BCUT2D eigenvalue weighted by molar-refractivity contribution is 5.98. The molecule has 0 rings (SSSR count). The molecule has 0 amide bonds. The maximum Gasteiger partial charge on any atom is 0.174 e. The maximum atomic E-state index is 11.0. The zero-order valence-corrected chi connectivity index (χ0v) is 6.26. The molecule has 0 radical (unpaired) electrons. The van der Waals surface area contributed by atoms with Gasteiger partial charge in [-0.15, -0.1) is 6.58 Å². The van der Waals surface area contributed by atoms with Gasteiger partial charge in [0.1, 0.15) is 0 Å². The summed E-state index contributed by atoms with van der Waals surface area (Å²) in [5.41, 5.74) is 5.96. The third-order valence-electron chi connectivity index (χ3n) is 1.18. The molecule has 0 aromatic carbocycles. The third-order valence-corrected chi connectivity index (χ3v) is 1.18. The SMILES string of the molecule is C=CCC(N)C(=O)C(=C)C. The fourth-order valence-electron chi connectivity index (χ4n) is 0.603. The molecular weight excluding hydrogens is 126 g/mol. The third kappa shape index (κ3) is 2.60. The molecule has 0 saturated heterocycles. The Kier molecular flexibility index (Phi) is 3.65. The first kappa shape index (κ1) is 9.11. The molecule has 2 N–H and O–H groups in total. The topological polar surface area (TPSA) is 43.1 Å². The first-order valence-electron chi connectivity index (χ1n) is 3.15. The smallest absolute Gasteiger partial charge is 0.174 e. The van der Waals surface area contributed by atoms with Crippen molar-refractivity contribution in [3.8, 4) is 0 Å². The molecule has 0 saturated carbocycles. The molecule has 10 heavy (non-hydrogen) atoms. The minimum Gasteiger partial charge on any atom is -0.321 e. The van der Waals surface area contributed by atoms with E-state index in [-0.39, 0.29) is 5.78 Å². The van der Waals surface area contributed by atoms with Gasteiger partial charge >= 0.3 is 0 Å². The Hall–Kier alpha value is -0.890. The van der Waals surface area contributed by atoms with Crippen LogP contribution in [0.4, 0.5) is 0 Å². The Balaban J connectivity index is 3.94. The quantitative estimate of drug-likeness (QED) is 0.467. The molecule has 2 nitrogen and oxygen atoms in total. The van der Waals surface area contributed by atoms with Crippen LogP contribution in [0.5, 0.6) is 0 Å². The summed E-state index contributed by atoms with van der Waals surface area (Å²) in [6.45, 7) is 8.63. The van der Waals surface area contributed by atoms with Crippen molar-refractivity contribution < 1.29 is 4.79 Å². The van der Waals surface area contributed by atoms with Gasteiger partial charge in [0.15, 0.2) is 5.78 Å². The van der Waals surface area contributed by atoms with E-state index in [2.05, 4.69) is 13.2 Å². The molecule has 0 fully saturated rings. The van der Waals surface area contributed by atoms with E-state index in [0.717, 1.165) is 0 Å². The number of hydrogen-bond acceptors (Lipinski definition) is 2. The van der Waals surface area contributed by atoms with Gasteiger partial charge in [-0.2, -0.15) is 0 Å². The Bertz CT molecular complexity index is 161. The van der Waals surface area contributed by atoms with Crippen LogP contribution in [0, 0.1) is 0 Å². The summed E-state index contributed by atoms with van der Waals surface area (Å²) in [6.07, 6.45) is 2.15. The van der Waals surface area contributed by atoms with E-state index in [1.807, 2.05) is 0 Å². The van der Waals surface area contributed by atoms with Crippen molar-refractivity contribution in [1.29, 1.82) is 0 Å². The van der Waals surface area contributed by atoms with Crippen molar-refractivity contribution in [3.05, 3.63) is 24.8 Å². The van der Waals surface area contributed by atoms with E-state index in [4.69, 9.17) is 5.73 Å². The van der Waals surface area contributed by atoms with Crippen LogP contribution in [-0.4, -0.2) is 11.8 Å². The zero-order valence-electron chi connectivity index (χ0n) is 6.26. The van der Waals surface area contributed by atoms with E-state index in [1.54, 1.807) is 13.0 Å². The number of nitrogens with two attached hydrogens (primary N) is 1. The van der Waals surface area contributed by atoms with Gasteiger partial charge in [0.2, 0.25) is 0 Å². The van der Waals surface area contributed by atoms with E-state index >= 15 is 0 Å². The maximum absolute atomic E-state index is 11.0. The predicted molar refractivity (Wildman–Crippen MR) is 42.6 cm³/mol. The largest absolute Gasteiger partial charge is 0.321 e. The van der Waals surface area contributed by atoms with Crippen LogP contribution in [0.25, 0.3) is 0 Å². The van der Waals surface area contributed by atoms with E-state index < -0.39 is 6.04 Å². The summed E-state index contributed by atoms with van der Waals surface area (Å²) in [7, 11) is 0. The molecule has 0 bridgehead atoms. The van der Waals surface area contributed by atoms with Gasteiger partial charge in [-0.1, -0.05) is 12.7 Å². The first-order chi connectivity index (χ1) is 4.59. The lowest BCUT2D eigenvalue weighted by molar-refractivity contribution is -0.116. The summed E-state index contributed by atoms with van der Waals surface area (Å²) in [5.74, 6) is -0.0834. The standard InChI is InChI=1S/C8H13NO/c1-4-5-7(9)8(10)6(2)3/h4,7H,1-2,5,9H2,3H3. The monoisotopic (exact) mass is 139 g/mol. The summed E-state index contributed by atoms with van der Waals surface area (Å²) < 4.78 is 0. The first-order valence-corrected chi connectivity index (χ1v) is 3.15. The van der Waals surface area contributed by atoms with Gasteiger partial charge in [-0.05, 0) is 18.9 Å². The Morgan fingerprint density at radius 3 is 2.60 bits per heavy atom. The van der Waals surface area contributed by atoms with Gasteiger partial charge in [0.25, 0.3) is 0 Å². The minimum atomic E-state index is -0.449. The molecule has 1 unspecified atom stereocenters. The second-order valence-corrected chi connectivity index (χ2v) is 2.28. The van der Waals surface area contributed by atoms with Crippen LogP contribution in [-0.2, 0) is 4.79 Å². The van der Waals surface area contributed by atoms with Gasteiger partial charge in [0, 0.05) is 0 Å². The number of Topliss-reactive ketones (excluding diaryl/α,β-unsaturated/α-hetero) is 1. The normalized spacial score (nSPS) is 12.2. The Morgan fingerprint density at radius 2 is 2.30 bits per heavy atom. The van der Waals surface area contributed by atoms with Crippen LogP contribution in [0.1, 0.15) is 13.3 Å². The van der Waals surface area contributed by atoms with E-state index in [9.17, 15) is 4.79 Å². The molecule has 0 spiro atoms. The summed E-state index contributed by atoms with van der Waals surface area (Å²) in [6, 6.07) is -0.449. The van der Waals surface area contributed by atoms with Crippen LogP contribution in [0.15, 0.2) is 24.8 Å². The lowest BCUT2D eigenvalue weighted by Crippen LogP contribution is -2.29. The number of carbonyl (C=O) groups is 1. The molecule has 2 heteroatoms. The molecular formula is C8H13NO. The average molecular weight is 139 g/mol. The van der Waals surface area contributed by atoms with Crippen molar-refractivity contribution in [2.75, 3.05) is 0 Å². The van der Waals surface area contributed by atoms with Crippen LogP contribution >= 0.6 is 0 Å². The van der Waals surface area contributed by atoms with Crippen LogP contribution < -0.4 is 5.73 Å². The molecule has 0 aromatic heterocycles. The highest BCUT2D eigenvalue weighted by Gasteiger charge is 2.10. The Morgan fingerprint density at radius 1 is 1.80 bits per heavy atom. The van der Waals surface area contributed by atoms with Gasteiger partial charge in [-0.3, -0.25) is 4.79 Å². The highest BCUT2D eigenvalue weighted by Crippen LogP contribution is 1.98. The molecule has 0 aliphatic heterocycles. The van der Waals surface area contributed by atoms with E-state index in [1.165, 1.54) is 0 Å². The highest BCUT2D eigenvalue weighted by atomic mass is 16.1. The van der Waals surface area contributed by atoms with Crippen LogP contribution in [0.3, 0.4) is 0 Å². The number of hydrogen-bond donors (Lipinski definition) is 1. The summed E-state index contributed by atoms with van der Waals surface area (Å²) >= 11 is 0. The molecule has 0 aliphatic carbocycles.